The van der Waals surface area contributed by atoms with Crippen LogP contribution in [0.4, 0.5) is 0 Å². The van der Waals surface area contributed by atoms with Crippen molar-refractivity contribution in [2.45, 2.75) is 33.6 Å². The van der Waals surface area contributed by atoms with Gasteiger partial charge >= 0.3 is 0 Å². The second-order valence-corrected chi connectivity index (χ2v) is 7.89. The van der Waals surface area contributed by atoms with E-state index in [-0.39, 0.29) is 23.6 Å². The Morgan fingerprint density at radius 1 is 1.35 bits per heavy atom. The fraction of sp³-hybridized carbons (Fsp3) is 1.00. The van der Waals surface area contributed by atoms with Crippen molar-refractivity contribution in [2.24, 2.45) is 17.1 Å². The number of halogens is 1. The highest BCUT2D eigenvalue weighted by atomic mass is 35.5. The van der Waals surface area contributed by atoms with Gasteiger partial charge in [-0.25, -0.2) is 12.7 Å². The minimum Gasteiger partial charge on any atom is -0.330 e. The Balaban J connectivity index is 0.00000256. The molecule has 2 N–H and O–H groups in total. The van der Waals surface area contributed by atoms with Crippen LogP contribution in [-0.2, 0) is 10.0 Å². The van der Waals surface area contributed by atoms with Crippen LogP contribution in [0.25, 0.3) is 0 Å². The number of nitrogens with two attached hydrogens (primary N) is 1. The molecule has 0 aromatic carbocycles. The van der Waals surface area contributed by atoms with Crippen molar-refractivity contribution in [3.05, 3.63) is 0 Å². The molecule has 0 aromatic heterocycles. The van der Waals surface area contributed by atoms with Crippen LogP contribution in [0.3, 0.4) is 0 Å². The van der Waals surface area contributed by atoms with E-state index in [2.05, 4.69) is 0 Å². The minimum absolute atomic E-state index is 0. The summed E-state index contributed by atoms with van der Waals surface area (Å²) in [7, 11) is -3.11. The fourth-order valence-electron chi connectivity index (χ4n) is 2.11. The van der Waals surface area contributed by atoms with Crippen molar-refractivity contribution in [2.75, 3.05) is 25.4 Å². The van der Waals surface area contributed by atoms with Gasteiger partial charge in [-0.05, 0) is 30.7 Å². The molecular formula is C11H25ClN2O2S. The molecule has 17 heavy (non-hydrogen) atoms. The molecule has 0 amide bonds. The number of sulfonamides is 1. The first-order chi connectivity index (χ1) is 7.24. The van der Waals surface area contributed by atoms with Crippen LogP contribution < -0.4 is 5.73 Å². The van der Waals surface area contributed by atoms with Crippen LogP contribution >= 0.6 is 12.4 Å². The van der Waals surface area contributed by atoms with Crippen molar-refractivity contribution in [3.63, 3.8) is 0 Å². The van der Waals surface area contributed by atoms with Crippen LogP contribution in [0.15, 0.2) is 0 Å². The molecule has 0 aromatic rings. The van der Waals surface area contributed by atoms with Crippen LogP contribution in [0, 0.1) is 11.3 Å². The average molecular weight is 285 g/mol. The Bertz CT molecular complexity index is 325. The van der Waals surface area contributed by atoms with E-state index in [0.29, 0.717) is 25.6 Å². The quantitative estimate of drug-likeness (QED) is 0.853. The maximum absolute atomic E-state index is 12.1. The van der Waals surface area contributed by atoms with Gasteiger partial charge in [0, 0.05) is 13.1 Å². The predicted octanol–water partition coefficient (Wildman–Crippen LogP) is 1.45. The van der Waals surface area contributed by atoms with Gasteiger partial charge in [0.05, 0.1) is 5.75 Å². The SMILES string of the molecule is CC(C)(C)CS(=O)(=O)N1CCCC(CN)C1.Cl. The van der Waals surface area contributed by atoms with E-state index < -0.39 is 10.0 Å². The van der Waals surface area contributed by atoms with Crippen molar-refractivity contribution in [1.29, 1.82) is 0 Å². The van der Waals surface area contributed by atoms with E-state index in [1.54, 1.807) is 4.31 Å². The summed E-state index contributed by atoms with van der Waals surface area (Å²) >= 11 is 0. The zero-order valence-electron chi connectivity index (χ0n) is 11.0. The largest absolute Gasteiger partial charge is 0.330 e. The van der Waals surface area contributed by atoms with Crippen LogP contribution in [0.5, 0.6) is 0 Å². The molecule has 1 rings (SSSR count). The second-order valence-electron chi connectivity index (χ2n) is 5.92. The van der Waals surface area contributed by atoms with Gasteiger partial charge in [0.2, 0.25) is 10.0 Å². The van der Waals surface area contributed by atoms with Gasteiger partial charge in [0.25, 0.3) is 0 Å². The Morgan fingerprint density at radius 3 is 2.41 bits per heavy atom. The number of nitrogens with zero attached hydrogens (tertiary/aromatic N) is 1. The van der Waals surface area contributed by atoms with Gasteiger partial charge < -0.3 is 5.73 Å². The summed E-state index contributed by atoms with van der Waals surface area (Å²) in [4.78, 5) is 0. The molecule has 0 radical (unpaired) electrons. The third-order valence-corrected chi connectivity index (χ3v) is 5.17. The van der Waals surface area contributed by atoms with E-state index in [1.165, 1.54) is 0 Å². The van der Waals surface area contributed by atoms with Gasteiger partial charge in [-0.2, -0.15) is 0 Å². The summed E-state index contributed by atoms with van der Waals surface area (Å²) in [6, 6.07) is 0. The molecule has 6 heteroatoms. The smallest absolute Gasteiger partial charge is 0.214 e. The van der Waals surface area contributed by atoms with E-state index in [1.807, 2.05) is 20.8 Å². The summed E-state index contributed by atoms with van der Waals surface area (Å²) < 4.78 is 25.9. The minimum atomic E-state index is -3.11. The Labute approximate surface area is 111 Å². The topological polar surface area (TPSA) is 63.4 Å². The number of hydrogen-bond donors (Lipinski definition) is 1. The van der Waals surface area contributed by atoms with E-state index >= 15 is 0 Å². The molecule has 1 unspecified atom stereocenters. The second kappa shape index (κ2) is 6.36. The Morgan fingerprint density at radius 2 is 1.94 bits per heavy atom. The number of hydrogen-bond acceptors (Lipinski definition) is 3. The maximum Gasteiger partial charge on any atom is 0.214 e. The first-order valence-corrected chi connectivity index (χ1v) is 7.53. The lowest BCUT2D eigenvalue weighted by Gasteiger charge is -2.33. The van der Waals surface area contributed by atoms with E-state index in [4.69, 9.17) is 5.73 Å². The highest BCUT2D eigenvalue weighted by Gasteiger charge is 2.31. The van der Waals surface area contributed by atoms with E-state index in [9.17, 15) is 8.42 Å². The zero-order chi connectivity index (χ0) is 12.4. The Hall–Kier alpha value is 0.160. The summed E-state index contributed by atoms with van der Waals surface area (Å²) in [6.07, 6.45) is 1.99. The molecule has 1 aliphatic rings. The lowest BCUT2D eigenvalue weighted by molar-refractivity contribution is 0.268. The summed E-state index contributed by atoms with van der Waals surface area (Å²) in [5.41, 5.74) is 5.43. The summed E-state index contributed by atoms with van der Waals surface area (Å²) in [5, 5.41) is 0. The van der Waals surface area contributed by atoms with Crippen molar-refractivity contribution in [1.82, 2.24) is 4.31 Å². The number of piperidine rings is 1. The molecule has 1 fully saturated rings. The third kappa shape index (κ3) is 5.55. The zero-order valence-corrected chi connectivity index (χ0v) is 12.6. The van der Waals surface area contributed by atoms with E-state index in [0.717, 1.165) is 12.8 Å². The predicted molar refractivity (Wildman–Crippen MR) is 73.8 cm³/mol. The summed E-state index contributed by atoms with van der Waals surface area (Å²) in [5.74, 6) is 0.556. The van der Waals surface area contributed by atoms with Crippen LogP contribution in [0.1, 0.15) is 33.6 Å². The molecule has 104 valence electrons. The molecule has 0 spiro atoms. The summed E-state index contributed by atoms with van der Waals surface area (Å²) in [6.45, 7) is 7.71. The number of rotatable bonds is 3. The standard InChI is InChI=1S/C11H24N2O2S.ClH/c1-11(2,3)9-16(14,15)13-6-4-5-10(7-12)8-13;/h10H,4-9,12H2,1-3H3;1H. The molecule has 1 aliphatic heterocycles. The highest BCUT2D eigenvalue weighted by Crippen LogP contribution is 2.23. The van der Waals surface area contributed by atoms with Gasteiger partial charge in [-0.3, -0.25) is 0 Å². The first-order valence-electron chi connectivity index (χ1n) is 5.92. The lowest BCUT2D eigenvalue weighted by atomic mass is 10.0. The fourth-order valence-corrected chi connectivity index (χ4v) is 4.23. The molecule has 0 bridgehead atoms. The van der Waals surface area contributed by atoms with Crippen molar-refractivity contribution in [3.8, 4) is 0 Å². The van der Waals surface area contributed by atoms with Crippen molar-refractivity contribution < 1.29 is 8.42 Å². The average Bonchev–Trinajstić information content (AvgIpc) is 2.14. The molecule has 0 aliphatic carbocycles. The molecule has 4 nitrogen and oxygen atoms in total. The van der Waals surface area contributed by atoms with Gasteiger partial charge in [0.1, 0.15) is 0 Å². The van der Waals surface area contributed by atoms with Gasteiger partial charge in [0.15, 0.2) is 0 Å². The van der Waals surface area contributed by atoms with Crippen LogP contribution in [-0.4, -0.2) is 38.1 Å². The normalized spacial score (nSPS) is 23.2. The molecule has 1 saturated heterocycles. The van der Waals surface area contributed by atoms with Gasteiger partial charge in [-0.1, -0.05) is 20.8 Å². The molecule has 0 saturated carbocycles. The molecular weight excluding hydrogens is 260 g/mol. The monoisotopic (exact) mass is 284 g/mol. The van der Waals surface area contributed by atoms with Gasteiger partial charge in [-0.15, -0.1) is 12.4 Å². The Kier molecular flexibility index (Phi) is 6.42. The van der Waals surface area contributed by atoms with Crippen LogP contribution in [0.2, 0.25) is 0 Å². The molecule has 1 atom stereocenters. The highest BCUT2D eigenvalue weighted by molar-refractivity contribution is 7.89. The third-order valence-electron chi connectivity index (χ3n) is 2.82. The first kappa shape index (κ1) is 17.2. The maximum atomic E-state index is 12.1. The molecule has 1 heterocycles. The lowest BCUT2D eigenvalue weighted by Crippen LogP contribution is -2.44. The van der Waals surface area contributed by atoms with Crippen molar-refractivity contribution >= 4 is 22.4 Å².